The molecule has 2 aliphatic rings. The average molecular weight is 300 g/mol. The summed E-state index contributed by atoms with van der Waals surface area (Å²) in [6, 6.07) is 11.5. The molecule has 120 valence electrons. The van der Waals surface area contributed by atoms with Crippen molar-refractivity contribution in [1.29, 1.82) is 0 Å². The molecule has 1 aromatic carbocycles. The summed E-state index contributed by atoms with van der Waals surface area (Å²) in [6.45, 7) is 3.30. The number of rotatable bonds is 4. The van der Waals surface area contributed by atoms with Gasteiger partial charge in [-0.05, 0) is 63.1 Å². The van der Waals surface area contributed by atoms with Gasteiger partial charge in [0.25, 0.3) is 0 Å². The smallest absolute Gasteiger partial charge is 0.220 e. The Kier molecular flexibility index (Phi) is 5.49. The van der Waals surface area contributed by atoms with Gasteiger partial charge in [-0.1, -0.05) is 30.3 Å². The molecule has 2 saturated heterocycles. The van der Waals surface area contributed by atoms with E-state index in [9.17, 15) is 4.79 Å². The summed E-state index contributed by atoms with van der Waals surface area (Å²) in [4.78, 5) is 14.1. The molecule has 2 heterocycles. The molecule has 0 aliphatic carbocycles. The fourth-order valence-electron chi connectivity index (χ4n) is 3.90. The number of carbonyl (C=O) groups excluding carboxylic acids is 1. The Morgan fingerprint density at radius 3 is 2.59 bits per heavy atom. The summed E-state index contributed by atoms with van der Waals surface area (Å²) in [7, 11) is 0. The highest BCUT2D eigenvalue weighted by molar-refractivity contribution is 5.76. The molecule has 1 aromatic rings. The van der Waals surface area contributed by atoms with Crippen LogP contribution >= 0.6 is 0 Å². The minimum absolute atomic E-state index is 0.236. The molecule has 3 rings (SSSR count). The number of carbonyl (C=O) groups is 1. The number of likely N-dealkylation sites (tertiary alicyclic amines) is 1. The third kappa shape index (κ3) is 4.33. The van der Waals surface area contributed by atoms with E-state index in [0.29, 0.717) is 12.5 Å². The van der Waals surface area contributed by atoms with E-state index in [0.717, 1.165) is 25.3 Å². The molecular weight excluding hydrogens is 272 g/mol. The van der Waals surface area contributed by atoms with E-state index in [1.165, 1.54) is 44.3 Å². The zero-order valence-electron chi connectivity index (χ0n) is 13.5. The van der Waals surface area contributed by atoms with Gasteiger partial charge in [-0.2, -0.15) is 0 Å². The molecular formula is C19H28N2O. The van der Waals surface area contributed by atoms with Gasteiger partial charge in [-0.15, -0.1) is 0 Å². The normalized spacial score (nSPS) is 24.7. The Balaban J connectivity index is 1.41. The standard InChI is InChI=1S/C19H28N2O/c22-19-9-8-18(10-13-20-19)21-14-11-17(12-15-21)7-6-16-4-2-1-3-5-16/h1-5,17-18H,6-15H2,(H,20,22)/t18-/m1/s1. The van der Waals surface area contributed by atoms with Crippen LogP contribution in [0.25, 0.3) is 0 Å². The lowest BCUT2D eigenvalue weighted by atomic mass is 9.89. The summed E-state index contributed by atoms with van der Waals surface area (Å²) in [5.74, 6) is 1.11. The molecule has 0 radical (unpaired) electrons. The second-order valence-electron chi connectivity index (χ2n) is 6.83. The van der Waals surface area contributed by atoms with Crippen LogP contribution in [0.3, 0.4) is 0 Å². The molecule has 0 aromatic heterocycles. The first-order valence-corrected chi connectivity index (χ1v) is 8.86. The van der Waals surface area contributed by atoms with Gasteiger partial charge in [0, 0.05) is 19.0 Å². The van der Waals surface area contributed by atoms with Gasteiger partial charge in [0.1, 0.15) is 0 Å². The molecule has 3 heteroatoms. The van der Waals surface area contributed by atoms with Gasteiger partial charge < -0.3 is 10.2 Å². The maximum atomic E-state index is 11.5. The Labute approximate surface area is 134 Å². The first-order valence-electron chi connectivity index (χ1n) is 8.86. The van der Waals surface area contributed by atoms with Crippen LogP contribution in [0.15, 0.2) is 30.3 Å². The second kappa shape index (κ2) is 7.77. The van der Waals surface area contributed by atoms with E-state index >= 15 is 0 Å². The number of aryl methyl sites for hydroxylation is 1. The molecule has 0 bridgehead atoms. The SMILES string of the molecule is O=C1CC[C@@H](N2CCC(CCc3ccccc3)CC2)CCN1. The number of nitrogens with one attached hydrogen (secondary N) is 1. The Hall–Kier alpha value is -1.35. The molecule has 0 spiro atoms. The highest BCUT2D eigenvalue weighted by Gasteiger charge is 2.26. The van der Waals surface area contributed by atoms with Crippen LogP contribution in [0.5, 0.6) is 0 Å². The van der Waals surface area contributed by atoms with Crippen molar-refractivity contribution < 1.29 is 4.79 Å². The van der Waals surface area contributed by atoms with Crippen molar-refractivity contribution >= 4 is 5.91 Å². The van der Waals surface area contributed by atoms with Gasteiger partial charge in [-0.3, -0.25) is 4.79 Å². The number of hydrogen-bond acceptors (Lipinski definition) is 2. The van der Waals surface area contributed by atoms with Crippen molar-refractivity contribution in [3.63, 3.8) is 0 Å². The van der Waals surface area contributed by atoms with Gasteiger partial charge in [0.15, 0.2) is 0 Å². The molecule has 3 nitrogen and oxygen atoms in total. The Morgan fingerprint density at radius 1 is 1.05 bits per heavy atom. The predicted octanol–water partition coefficient (Wildman–Crippen LogP) is 3.00. The topological polar surface area (TPSA) is 32.3 Å². The zero-order valence-corrected chi connectivity index (χ0v) is 13.5. The molecule has 2 fully saturated rings. The van der Waals surface area contributed by atoms with Crippen molar-refractivity contribution in [3.8, 4) is 0 Å². The van der Waals surface area contributed by atoms with Crippen LogP contribution in [0.4, 0.5) is 0 Å². The van der Waals surface area contributed by atoms with Crippen molar-refractivity contribution in [3.05, 3.63) is 35.9 Å². The maximum Gasteiger partial charge on any atom is 0.220 e. The lowest BCUT2D eigenvalue weighted by molar-refractivity contribution is -0.120. The van der Waals surface area contributed by atoms with Crippen LogP contribution in [0, 0.1) is 5.92 Å². The van der Waals surface area contributed by atoms with Crippen molar-refractivity contribution in [2.45, 2.75) is 51.0 Å². The lowest BCUT2D eigenvalue weighted by Crippen LogP contribution is -2.41. The first kappa shape index (κ1) is 15.5. The van der Waals surface area contributed by atoms with E-state index in [2.05, 4.69) is 40.5 Å². The number of amides is 1. The highest BCUT2D eigenvalue weighted by atomic mass is 16.1. The van der Waals surface area contributed by atoms with Gasteiger partial charge in [0.2, 0.25) is 5.91 Å². The quantitative estimate of drug-likeness (QED) is 0.927. The van der Waals surface area contributed by atoms with Crippen molar-refractivity contribution in [1.82, 2.24) is 10.2 Å². The lowest BCUT2D eigenvalue weighted by Gasteiger charge is -2.37. The van der Waals surface area contributed by atoms with Gasteiger partial charge in [0.05, 0.1) is 0 Å². The molecule has 0 unspecified atom stereocenters. The molecule has 22 heavy (non-hydrogen) atoms. The highest BCUT2D eigenvalue weighted by Crippen LogP contribution is 2.26. The van der Waals surface area contributed by atoms with Crippen molar-refractivity contribution in [2.24, 2.45) is 5.92 Å². The predicted molar refractivity (Wildman–Crippen MR) is 89.7 cm³/mol. The van der Waals surface area contributed by atoms with E-state index in [-0.39, 0.29) is 5.91 Å². The third-order valence-corrected chi connectivity index (χ3v) is 5.35. The van der Waals surface area contributed by atoms with E-state index in [4.69, 9.17) is 0 Å². The molecule has 1 amide bonds. The van der Waals surface area contributed by atoms with Crippen LogP contribution in [-0.2, 0) is 11.2 Å². The second-order valence-corrected chi connectivity index (χ2v) is 6.83. The summed E-state index contributed by atoms with van der Waals surface area (Å²) in [5.41, 5.74) is 1.47. The van der Waals surface area contributed by atoms with E-state index < -0.39 is 0 Å². The van der Waals surface area contributed by atoms with Crippen molar-refractivity contribution in [2.75, 3.05) is 19.6 Å². The number of nitrogens with zero attached hydrogens (tertiary/aromatic N) is 1. The molecule has 1 atom stereocenters. The summed E-state index contributed by atoms with van der Waals surface area (Å²) in [5, 5.41) is 3.00. The fourth-order valence-corrected chi connectivity index (χ4v) is 3.90. The first-order chi connectivity index (χ1) is 10.8. The minimum atomic E-state index is 0.236. The summed E-state index contributed by atoms with van der Waals surface area (Å²) in [6.07, 6.45) is 8.06. The largest absolute Gasteiger partial charge is 0.356 e. The van der Waals surface area contributed by atoms with E-state index in [1.807, 2.05) is 0 Å². The minimum Gasteiger partial charge on any atom is -0.356 e. The van der Waals surface area contributed by atoms with Crippen LogP contribution < -0.4 is 5.32 Å². The zero-order chi connectivity index (χ0) is 15.2. The molecule has 2 aliphatic heterocycles. The Morgan fingerprint density at radius 2 is 1.82 bits per heavy atom. The van der Waals surface area contributed by atoms with Gasteiger partial charge >= 0.3 is 0 Å². The summed E-state index contributed by atoms with van der Waals surface area (Å²) < 4.78 is 0. The average Bonchev–Trinajstić information content (AvgIpc) is 2.79. The van der Waals surface area contributed by atoms with Crippen LogP contribution in [-0.4, -0.2) is 36.5 Å². The maximum absolute atomic E-state index is 11.5. The molecule has 1 N–H and O–H groups in total. The van der Waals surface area contributed by atoms with Gasteiger partial charge in [-0.25, -0.2) is 0 Å². The number of piperidine rings is 1. The van der Waals surface area contributed by atoms with E-state index in [1.54, 1.807) is 0 Å². The van der Waals surface area contributed by atoms with Crippen LogP contribution in [0.2, 0.25) is 0 Å². The third-order valence-electron chi connectivity index (χ3n) is 5.35. The fraction of sp³-hybridized carbons (Fsp3) is 0.632. The summed E-state index contributed by atoms with van der Waals surface area (Å²) >= 11 is 0. The number of hydrogen-bond donors (Lipinski definition) is 1. The monoisotopic (exact) mass is 300 g/mol. The molecule has 0 saturated carbocycles. The Bertz CT molecular complexity index is 466. The van der Waals surface area contributed by atoms with Crippen LogP contribution in [0.1, 0.15) is 44.1 Å². The number of benzene rings is 1.